The molecule has 1 saturated heterocycles. The average Bonchev–Trinajstić information content (AvgIpc) is 3.15. The van der Waals surface area contributed by atoms with Gasteiger partial charge in [0.15, 0.2) is 0 Å². The van der Waals surface area contributed by atoms with Crippen molar-refractivity contribution >= 4 is 5.91 Å². The lowest BCUT2D eigenvalue weighted by atomic mass is 10.1. The number of H-pyrrole nitrogens is 1. The molecule has 1 N–H and O–H groups in total. The Bertz CT molecular complexity index is 972. The second-order valence-electron chi connectivity index (χ2n) is 7.21. The number of aromatic amines is 1. The fourth-order valence-corrected chi connectivity index (χ4v) is 3.51. The van der Waals surface area contributed by atoms with Crippen molar-refractivity contribution in [2.24, 2.45) is 0 Å². The van der Waals surface area contributed by atoms with Gasteiger partial charge in [-0.1, -0.05) is 6.07 Å². The Kier molecular flexibility index (Phi) is 5.67. The van der Waals surface area contributed by atoms with Gasteiger partial charge < -0.3 is 14.6 Å². The molecule has 6 nitrogen and oxygen atoms in total. The van der Waals surface area contributed by atoms with E-state index in [0.29, 0.717) is 36.9 Å². The summed E-state index contributed by atoms with van der Waals surface area (Å²) < 4.78 is 19.1. The lowest BCUT2D eigenvalue weighted by Gasteiger charge is -2.32. The van der Waals surface area contributed by atoms with E-state index in [9.17, 15) is 9.18 Å². The molecule has 0 aliphatic carbocycles. The molecule has 3 aromatic rings. The standard InChI is InChI=1S/C22H23FN4O2/c1-15-20(26-21(25-15)16-7-9-17(23)10-8-16)22(28)27-12-4-6-19(13-27)29-14-18-5-2-3-11-24-18/h2-3,5,7-11,19H,4,6,12-14H2,1H3,(H,25,26). The van der Waals surface area contributed by atoms with Gasteiger partial charge in [-0.15, -0.1) is 0 Å². The minimum Gasteiger partial charge on any atom is -0.370 e. The monoisotopic (exact) mass is 394 g/mol. The Balaban J connectivity index is 1.43. The second kappa shape index (κ2) is 8.53. The summed E-state index contributed by atoms with van der Waals surface area (Å²) in [5.74, 6) is 0.141. The number of pyridine rings is 1. The van der Waals surface area contributed by atoms with Crippen molar-refractivity contribution < 1.29 is 13.9 Å². The molecular weight excluding hydrogens is 371 g/mol. The first kappa shape index (κ1) is 19.3. The van der Waals surface area contributed by atoms with E-state index >= 15 is 0 Å². The number of hydrogen-bond acceptors (Lipinski definition) is 4. The summed E-state index contributed by atoms with van der Waals surface area (Å²) in [6.45, 7) is 3.47. The van der Waals surface area contributed by atoms with E-state index in [-0.39, 0.29) is 17.8 Å². The topological polar surface area (TPSA) is 71.1 Å². The molecule has 0 radical (unpaired) electrons. The molecule has 1 unspecified atom stereocenters. The Labute approximate surface area is 168 Å². The summed E-state index contributed by atoms with van der Waals surface area (Å²) in [5.41, 5.74) is 2.72. The normalized spacial score (nSPS) is 16.8. The highest BCUT2D eigenvalue weighted by atomic mass is 19.1. The van der Waals surface area contributed by atoms with Crippen molar-refractivity contribution in [2.75, 3.05) is 13.1 Å². The molecule has 4 rings (SSSR count). The Morgan fingerprint density at radius 2 is 2.10 bits per heavy atom. The van der Waals surface area contributed by atoms with E-state index in [2.05, 4.69) is 15.0 Å². The van der Waals surface area contributed by atoms with Crippen LogP contribution >= 0.6 is 0 Å². The van der Waals surface area contributed by atoms with E-state index in [0.717, 1.165) is 24.1 Å². The fraction of sp³-hybridized carbons (Fsp3) is 0.318. The molecule has 1 atom stereocenters. The quantitative estimate of drug-likeness (QED) is 0.716. The minimum atomic E-state index is -0.307. The van der Waals surface area contributed by atoms with E-state index in [1.807, 2.05) is 25.1 Å². The first-order chi connectivity index (χ1) is 14.1. The number of imidazole rings is 1. The molecule has 1 aliphatic rings. The van der Waals surface area contributed by atoms with Crippen LogP contribution in [0.4, 0.5) is 4.39 Å². The molecule has 1 amide bonds. The summed E-state index contributed by atoms with van der Waals surface area (Å²) in [7, 11) is 0. The van der Waals surface area contributed by atoms with Gasteiger partial charge in [0.2, 0.25) is 0 Å². The van der Waals surface area contributed by atoms with E-state index in [4.69, 9.17) is 4.74 Å². The number of carbonyl (C=O) groups excluding carboxylic acids is 1. The van der Waals surface area contributed by atoms with Crippen molar-refractivity contribution in [3.05, 3.63) is 71.6 Å². The molecule has 29 heavy (non-hydrogen) atoms. The molecule has 7 heteroatoms. The predicted octanol–water partition coefficient (Wildman–Crippen LogP) is 3.74. The van der Waals surface area contributed by atoms with Crippen LogP contribution in [0.1, 0.15) is 34.7 Å². The van der Waals surface area contributed by atoms with Gasteiger partial charge >= 0.3 is 0 Å². The summed E-state index contributed by atoms with van der Waals surface area (Å²) >= 11 is 0. The van der Waals surface area contributed by atoms with Crippen LogP contribution in [0.15, 0.2) is 48.7 Å². The highest BCUT2D eigenvalue weighted by Crippen LogP contribution is 2.22. The lowest BCUT2D eigenvalue weighted by molar-refractivity contribution is -0.00801. The number of likely N-dealkylation sites (tertiary alicyclic amines) is 1. The van der Waals surface area contributed by atoms with Crippen LogP contribution < -0.4 is 0 Å². The number of halogens is 1. The molecule has 150 valence electrons. The second-order valence-corrected chi connectivity index (χ2v) is 7.21. The maximum absolute atomic E-state index is 13.2. The molecule has 0 bridgehead atoms. The van der Waals surface area contributed by atoms with Gasteiger partial charge in [-0.3, -0.25) is 9.78 Å². The molecule has 3 heterocycles. The number of aryl methyl sites for hydroxylation is 1. The Morgan fingerprint density at radius 1 is 1.28 bits per heavy atom. The number of amides is 1. The minimum absolute atomic E-state index is 0.0227. The van der Waals surface area contributed by atoms with Crippen LogP contribution in [0.3, 0.4) is 0 Å². The SMILES string of the molecule is Cc1[nH]c(-c2ccc(F)cc2)nc1C(=O)N1CCCC(OCc2ccccn2)C1. The molecule has 2 aromatic heterocycles. The van der Waals surface area contributed by atoms with Gasteiger partial charge in [-0.2, -0.15) is 0 Å². The highest BCUT2D eigenvalue weighted by molar-refractivity contribution is 5.94. The summed E-state index contributed by atoms with van der Waals surface area (Å²) in [6.07, 6.45) is 3.52. The van der Waals surface area contributed by atoms with Crippen LogP contribution in [-0.2, 0) is 11.3 Å². The number of piperidine rings is 1. The van der Waals surface area contributed by atoms with Crippen molar-refractivity contribution in [3.8, 4) is 11.4 Å². The number of nitrogens with zero attached hydrogens (tertiary/aromatic N) is 3. The fourth-order valence-electron chi connectivity index (χ4n) is 3.51. The molecule has 1 aromatic carbocycles. The zero-order valence-electron chi connectivity index (χ0n) is 16.3. The van der Waals surface area contributed by atoms with Gasteiger partial charge in [0.1, 0.15) is 17.3 Å². The number of aromatic nitrogens is 3. The zero-order chi connectivity index (χ0) is 20.2. The number of ether oxygens (including phenoxy) is 1. The predicted molar refractivity (Wildman–Crippen MR) is 107 cm³/mol. The average molecular weight is 394 g/mol. The van der Waals surface area contributed by atoms with Gasteiger partial charge in [-0.05, 0) is 56.2 Å². The zero-order valence-corrected chi connectivity index (χ0v) is 16.3. The summed E-state index contributed by atoms with van der Waals surface area (Å²) in [5, 5.41) is 0. The van der Waals surface area contributed by atoms with E-state index < -0.39 is 0 Å². The van der Waals surface area contributed by atoms with Crippen LogP contribution in [0.5, 0.6) is 0 Å². The van der Waals surface area contributed by atoms with Gasteiger partial charge in [0, 0.05) is 30.5 Å². The maximum atomic E-state index is 13.2. The van der Waals surface area contributed by atoms with E-state index in [1.54, 1.807) is 23.2 Å². The van der Waals surface area contributed by atoms with Gasteiger partial charge in [-0.25, -0.2) is 9.37 Å². The third-order valence-electron chi connectivity index (χ3n) is 5.06. The third-order valence-corrected chi connectivity index (χ3v) is 5.06. The first-order valence-electron chi connectivity index (χ1n) is 9.73. The number of hydrogen-bond donors (Lipinski definition) is 1. The number of benzene rings is 1. The smallest absolute Gasteiger partial charge is 0.274 e. The highest BCUT2D eigenvalue weighted by Gasteiger charge is 2.28. The van der Waals surface area contributed by atoms with Crippen molar-refractivity contribution in [2.45, 2.75) is 32.5 Å². The first-order valence-corrected chi connectivity index (χ1v) is 9.73. The summed E-state index contributed by atoms with van der Waals surface area (Å²) in [4.78, 5) is 26.7. The lowest BCUT2D eigenvalue weighted by Crippen LogP contribution is -2.43. The number of carbonyl (C=O) groups is 1. The third kappa shape index (κ3) is 4.51. The number of rotatable bonds is 5. The van der Waals surface area contributed by atoms with Crippen LogP contribution in [-0.4, -0.2) is 45.0 Å². The van der Waals surface area contributed by atoms with Crippen molar-refractivity contribution in [1.29, 1.82) is 0 Å². The van der Waals surface area contributed by atoms with Crippen LogP contribution in [0.25, 0.3) is 11.4 Å². The summed E-state index contributed by atoms with van der Waals surface area (Å²) in [6, 6.07) is 11.8. The molecule has 1 aliphatic heterocycles. The van der Waals surface area contributed by atoms with Gasteiger partial charge in [0.25, 0.3) is 5.91 Å². The molecule has 1 fully saturated rings. The van der Waals surface area contributed by atoms with Gasteiger partial charge in [0.05, 0.1) is 18.4 Å². The van der Waals surface area contributed by atoms with Crippen molar-refractivity contribution in [3.63, 3.8) is 0 Å². The van der Waals surface area contributed by atoms with Crippen LogP contribution in [0, 0.1) is 12.7 Å². The van der Waals surface area contributed by atoms with E-state index in [1.165, 1.54) is 12.1 Å². The van der Waals surface area contributed by atoms with Crippen molar-refractivity contribution in [1.82, 2.24) is 19.9 Å². The molecule has 0 spiro atoms. The Morgan fingerprint density at radius 3 is 2.86 bits per heavy atom. The number of nitrogens with one attached hydrogen (secondary N) is 1. The molecular formula is C22H23FN4O2. The molecule has 0 saturated carbocycles. The largest absolute Gasteiger partial charge is 0.370 e. The van der Waals surface area contributed by atoms with Crippen LogP contribution in [0.2, 0.25) is 0 Å². The Hall–Kier alpha value is -3.06. The maximum Gasteiger partial charge on any atom is 0.274 e.